The van der Waals surface area contributed by atoms with Crippen LogP contribution >= 0.6 is 0 Å². The van der Waals surface area contributed by atoms with Crippen molar-refractivity contribution in [2.75, 3.05) is 26.7 Å². The Balaban J connectivity index is 1.89. The number of allylic oxidation sites excluding steroid dienone is 1. The maximum Gasteiger partial charge on any atom is 0.259 e. The quantitative estimate of drug-likeness (QED) is 0.736. The maximum atomic E-state index is 13.3. The number of hydrogen-bond acceptors (Lipinski definition) is 6. The first-order chi connectivity index (χ1) is 14.9. The largest absolute Gasteiger partial charge is 0.472 e. The van der Waals surface area contributed by atoms with Crippen LogP contribution in [0.15, 0.2) is 42.9 Å². The summed E-state index contributed by atoms with van der Waals surface area (Å²) in [7, 11) is 2.05. The van der Waals surface area contributed by atoms with Gasteiger partial charge in [0.25, 0.3) is 5.91 Å². The number of hydrogen-bond donors (Lipinski definition) is 1. The molecule has 2 aromatic heterocycles. The third kappa shape index (κ3) is 5.68. The first-order valence-corrected chi connectivity index (χ1v) is 10.7. The Kier molecular flexibility index (Phi) is 7.76. The highest BCUT2D eigenvalue weighted by Gasteiger charge is 2.34. The number of carbonyl (C=O) groups excluding carboxylic acids is 1. The molecule has 0 saturated carbocycles. The Morgan fingerprint density at radius 1 is 1.39 bits per heavy atom. The molecule has 2 aromatic rings. The number of nitrogens with zero attached hydrogens (tertiary/aromatic N) is 4. The highest BCUT2D eigenvalue weighted by Crippen LogP contribution is 2.27. The van der Waals surface area contributed by atoms with Gasteiger partial charge in [-0.1, -0.05) is 19.1 Å². The molecule has 0 bridgehead atoms. The lowest BCUT2D eigenvalue weighted by molar-refractivity contribution is 0.0325. The number of fused-ring (bicyclic) bond motifs is 1. The van der Waals surface area contributed by atoms with E-state index in [0.717, 1.165) is 12.1 Å². The zero-order valence-electron chi connectivity index (χ0n) is 18.7. The van der Waals surface area contributed by atoms with Crippen LogP contribution in [0.25, 0.3) is 6.08 Å². The Morgan fingerprint density at radius 3 is 2.81 bits per heavy atom. The number of likely N-dealkylation sites (N-methyl/N-ethyl adjacent to an activating group) is 1. The molecule has 166 valence electrons. The summed E-state index contributed by atoms with van der Waals surface area (Å²) in [6.45, 7) is 7.72. The third-order valence-corrected chi connectivity index (χ3v) is 5.59. The molecule has 1 aliphatic rings. The van der Waals surface area contributed by atoms with Crippen LogP contribution in [0.3, 0.4) is 0 Å². The average Bonchev–Trinajstić information content (AvgIpc) is 2.77. The molecule has 1 amide bonds. The Morgan fingerprint density at radius 2 is 2.13 bits per heavy atom. The van der Waals surface area contributed by atoms with Crippen molar-refractivity contribution in [1.29, 1.82) is 0 Å². The van der Waals surface area contributed by atoms with Gasteiger partial charge in [-0.05, 0) is 50.2 Å². The number of amides is 1. The zero-order chi connectivity index (χ0) is 22.4. The van der Waals surface area contributed by atoms with Gasteiger partial charge in [0.2, 0.25) is 5.88 Å². The second-order valence-corrected chi connectivity index (χ2v) is 8.30. The molecule has 3 heterocycles. The van der Waals surface area contributed by atoms with E-state index >= 15 is 0 Å². The van der Waals surface area contributed by atoms with Crippen molar-refractivity contribution in [3.63, 3.8) is 0 Å². The van der Waals surface area contributed by atoms with Crippen molar-refractivity contribution in [1.82, 2.24) is 19.8 Å². The van der Waals surface area contributed by atoms with Gasteiger partial charge in [-0.25, -0.2) is 4.98 Å². The van der Waals surface area contributed by atoms with Gasteiger partial charge in [-0.3, -0.25) is 14.7 Å². The first-order valence-electron chi connectivity index (χ1n) is 10.7. The van der Waals surface area contributed by atoms with Crippen molar-refractivity contribution in [2.24, 2.45) is 5.92 Å². The van der Waals surface area contributed by atoms with Gasteiger partial charge in [0.1, 0.15) is 11.7 Å². The molecular weight excluding hydrogens is 392 g/mol. The summed E-state index contributed by atoms with van der Waals surface area (Å²) in [5, 5.41) is 9.75. The van der Waals surface area contributed by atoms with Crippen LogP contribution in [0.2, 0.25) is 0 Å². The molecule has 0 radical (unpaired) electrons. The molecule has 0 aliphatic carbocycles. The fourth-order valence-corrected chi connectivity index (χ4v) is 3.79. The summed E-state index contributed by atoms with van der Waals surface area (Å²) in [5.41, 5.74) is 2.45. The number of aliphatic hydroxyl groups excluding tert-OH is 1. The SMILES string of the molecule is C/C=C/c1cnc2c(c1)C(=O)N([C@H](C)CO)C[C@H](C)[C@@H](CN(C)Cc1ccncc1)O2. The van der Waals surface area contributed by atoms with Crippen LogP contribution in [-0.2, 0) is 6.54 Å². The van der Waals surface area contributed by atoms with Crippen molar-refractivity contribution in [2.45, 2.75) is 39.5 Å². The molecule has 1 aliphatic heterocycles. The van der Waals surface area contributed by atoms with Crippen LogP contribution in [0.1, 0.15) is 42.3 Å². The number of pyridine rings is 2. The van der Waals surface area contributed by atoms with Gasteiger partial charge in [-0.2, -0.15) is 0 Å². The van der Waals surface area contributed by atoms with Crippen LogP contribution < -0.4 is 4.74 Å². The predicted molar refractivity (Wildman–Crippen MR) is 121 cm³/mol. The summed E-state index contributed by atoms with van der Waals surface area (Å²) >= 11 is 0. The molecule has 0 saturated heterocycles. The van der Waals surface area contributed by atoms with E-state index in [2.05, 4.69) is 28.8 Å². The Hall–Kier alpha value is -2.77. The molecule has 7 heteroatoms. The molecule has 7 nitrogen and oxygen atoms in total. The summed E-state index contributed by atoms with van der Waals surface area (Å²) in [4.78, 5) is 25.8. The molecule has 3 atom stereocenters. The molecule has 3 rings (SSSR count). The fourth-order valence-electron chi connectivity index (χ4n) is 3.79. The van der Waals surface area contributed by atoms with E-state index in [1.165, 1.54) is 5.56 Å². The summed E-state index contributed by atoms with van der Waals surface area (Å²) in [6, 6.07) is 5.53. The first kappa shape index (κ1) is 22.9. The van der Waals surface area contributed by atoms with E-state index in [0.29, 0.717) is 24.5 Å². The van der Waals surface area contributed by atoms with Gasteiger partial charge in [0.05, 0.1) is 12.6 Å². The minimum atomic E-state index is -0.290. The smallest absolute Gasteiger partial charge is 0.259 e. The molecule has 31 heavy (non-hydrogen) atoms. The maximum absolute atomic E-state index is 13.3. The van der Waals surface area contributed by atoms with Crippen molar-refractivity contribution in [3.8, 4) is 5.88 Å². The molecule has 0 spiro atoms. The molecular formula is C24H32N4O3. The lowest BCUT2D eigenvalue weighted by Gasteiger charge is -2.37. The van der Waals surface area contributed by atoms with Gasteiger partial charge >= 0.3 is 0 Å². The monoisotopic (exact) mass is 424 g/mol. The average molecular weight is 425 g/mol. The molecule has 0 aromatic carbocycles. The highest BCUT2D eigenvalue weighted by molar-refractivity contribution is 5.97. The minimum Gasteiger partial charge on any atom is -0.472 e. The van der Waals surface area contributed by atoms with Gasteiger partial charge in [0.15, 0.2) is 0 Å². The minimum absolute atomic E-state index is 0.0583. The number of rotatable bonds is 7. The van der Waals surface area contributed by atoms with Crippen LogP contribution in [0, 0.1) is 5.92 Å². The van der Waals surface area contributed by atoms with Crippen LogP contribution in [-0.4, -0.2) is 69.7 Å². The van der Waals surface area contributed by atoms with E-state index in [1.807, 2.05) is 44.2 Å². The number of aliphatic hydroxyl groups is 1. The van der Waals surface area contributed by atoms with Crippen molar-refractivity contribution < 1.29 is 14.6 Å². The lowest BCUT2D eigenvalue weighted by atomic mass is 9.99. The van der Waals surface area contributed by atoms with Gasteiger partial charge < -0.3 is 14.7 Å². The normalized spacial score (nSPS) is 20.3. The van der Waals surface area contributed by atoms with Crippen LogP contribution in [0.4, 0.5) is 0 Å². The number of aromatic nitrogens is 2. The van der Waals surface area contributed by atoms with E-state index in [1.54, 1.807) is 23.5 Å². The van der Waals surface area contributed by atoms with E-state index in [4.69, 9.17) is 4.74 Å². The van der Waals surface area contributed by atoms with Crippen LogP contribution in [0.5, 0.6) is 5.88 Å². The standard InChI is InChI=1S/C24H32N4O3/c1-5-6-20-11-21-23(26-12-20)31-22(15-27(4)14-19-7-9-25-10-8-19)17(2)13-28(24(21)30)18(3)16-29/h5-12,17-18,22,29H,13-16H2,1-4H3/b6-5+/t17-,18+,22+/m0/s1. The topological polar surface area (TPSA) is 78.8 Å². The zero-order valence-corrected chi connectivity index (χ0v) is 18.7. The Bertz CT molecular complexity index is 903. The summed E-state index contributed by atoms with van der Waals surface area (Å²) in [6.07, 6.45) is 8.95. The number of carbonyl (C=O) groups is 1. The van der Waals surface area contributed by atoms with Gasteiger partial charge in [-0.15, -0.1) is 0 Å². The Labute approximate surface area is 184 Å². The molecule has 1 N–H and O–H groups in total. The third-order valence-electron chi connectivity index (χ3n) is 5.59. The molecule has 0 unspecified atom stereocenters. The van der Waals surface area contributed by atoms with Gasteiger partial charge in [0, 0.05) is 44.1 Å². The van der Waals surface area contributed by atoms with Crippen molar-refractivity contribution in [3.05, 3.63) is 59.6 Å². The predicted octanol–water partition coefficient (Wildman–Crippen LogP) is 2.86. The van der Waals surface area contributed by atoms with E-state index in [9.17, 15) is 9.90 Å². The summed E-state index contributed by atoms with van der Waals surface area (Å²) < 4.78 is 6.32. The summed E-state index contributed by atoms with van der Waals surface area (Å²) in [5.74, 6) is 0.246. The molecule has 0 fully saturated rings. The second-order valence-electron chi connectivity index (χ2n) is 8.30. The van der Waals surface area contributed by atoms with Crippen molar-refractivity contribution >= 4 is 12.0 Å². The lowest BCUT2D eigenvalue weighted by Crippen LogP contribution is -2.49. The number of ether oxygens (including phenoxy) is 1. The fraction of sp³-hybridized carbons (Fsp3) is 0.458. The second kappa shape index (κ2) is 10.5. The highest BCUT2D eigenvalue weighted by atomic mass is 16.5. The van der Waals surface area contributed by atoms with E-state index < -0.39 is 0 Å². The van der Waals surface area contributed by atoms with E-state index in [-0.39, 0.29) is 30.6 Å².